The van der Waals surface area contributed by atoms with Crippen LogP contribution in [0.3, 0.4) is 0 Å². The third-order valence-corrected chi connectivity index (χ3v) is 6.87. The van der Waals surface area contributed by atoms with Crippen LogP contribution in [0.2, 0.25) is 18.6 Å². The Kier molecular flexibility index (Phi) is 3.45. The Morgan fingerprint density at radius 1 is 1.06 bits per heavy atom. The van der Waals surface area contributed by atoms with Crippen molar-refractivity contribution in [3.63, 3.8) is 0 Å². The van der Waals surface area contributed by atoms with E-state index in [0.717, 1.165) is 6.42 Å². The molecule has 0 aromatic heterocycles. The van der Waals surface area contributed by atoms with Gasteiger partial charge in [-0.2, -0.15) is 0 Å². The molecule has 1 heteroatoms. The predicted octanol–water partition coefficient (Wildman–Crippen LogP) is 4.36. The molecular weight excluding hydrogens is 208 g/mol. The molecule has 1 aliphatic rings. The standard InChI is InChI=1S/C15H20Si/c1-16(2,15-11-7-4-8-12-15)13-14-9-5-3-6-10-14/h3,5-12,15H,4,13H2,1-2H3. The van der Waals surface area contributed by atoms with E-state index in [9.17, 15) is 0 Å². The zero-order valence-electron chi connectivity index (χ0n) is 10.2. The van der Waals surface area contributed by atoms with Crippen molar-refractivity contribution in [2.24, 2.45) is 0 Å². The Bertz CT molecular complexity index is 375. The number of hydrogen-bond acceptors (Lipinski definition) is 0. The average Bonchev–Trinajstić information content (AvgIpc) is 2.31. The van der Waals surface area contributed by atoms with Gasteiger partial charge in [0.05, 0.1) is 8.07 Å². The highest BCUT2D eigenvalue weighted by Gasteiger charge is 2.28. The summed E-state index contributed by atoms with van der Waals surface area (Å²) in [5.41, 5.74) is 2.20. The van der Waals surface area contributed by atoms with Gasteiger partial charge < -0.3 is 0 Å². The normalized spacial score (nSPS) is 16.6. The average molecular weight is 228 g/mol. The lowest BCUT2D eigenvalue weighted by Gasteiger charge is -2.29. The van der Waals surface area contributed by atoms with Gasteiger partial charge in [-0.15, -0.1) is 0 Å². The van der Waals surface area contributed by atoms with Gasteiger partial charge >= 0.3 is 0 Å². The zero-order chi connectivity index (χ0) is 11.4. The van der Waals surface area contributed by atoms with E-state index >= 15 is 0 Å². The molecule has 1 aliphatic carbocycles. The molecule has 1 aromatic rings. The minimum atomic E-state index is -1.22. The summed E-state index contributed by atoms with van der Waals surface area (Å²) < 4.78 is 0. The first-order chi connectivity index (χ1) is 7.68. The number of allylic oxidation sites excluding steroid dienone is 4. The molecule has 0 atom stereocenters. The van der Waals surface area contributed by atoms with Crippen LogP contribution in [-0.4, -0.2) is 8.07 Å². The van der Waals surface area contributed by atoms with Gasteiger partial charge in [-0.25, -0.2) is 0 Å². The van der Waals surface area contributed by atoms with Crippen molar-refractivity contribution >= 4 is 8.07 Å². The highest BCUT2D eigenvalue weighted by molar-refractivity contribution is 6.79. The Morgan fingerprint density at radius 3 is 2.31 bits per heavy atom. The molecule has 0 spiro atoms. The number of hydrogen-bond donors (Lipinski definition) is 0. The first-order valence-electron chi connectivity index (χ1n) is 6.06. The largest absolute Gasteiger partial charge is 0.0845 e. The molecule has 0 heterocycles. The van der Waals surface area contributed by atoms with Gasteiger partial charge in [-0.1, -0.05) is 73.3 Å². The lowest BCUT2D eigenvalue weighted by molar-refractivity contribution is 1.13. The first kappa shape index (κ1) is 11.4. The zero-order valence-corrected chi connectivity index (χ0v) is 11.2. The molecule has 0 radical (unpaired) electrons. The monoisotopic (exact) mass is 228 g/mol. The maximum absolute atomic E-state index is 2.49. The van der Waals surface area contributed by atoms with Gasteiger partial charge in [-0.3, -0.25) is 0 Å². The summed E-state index contributed by atoms with van der Waals surface area (Å²) in [6.07, 6.45) is 10.6. The fourth-order valence-corrected chi connectivity index (χ4v) is 5.19. The summed E-state index contributed by atoms with van der Waals surface area (Å²) >= 11 is 0. The maximum atomic E-state index is 2.49. The summed E-state index contributed by atoms with van der Waals surface area (Å²) in [6, 6.07) is 12.2. The van der Waals surface area contributed by atoms with Gasteiger partial charge in [0, 0.05) is 0 Å². The van der Waals surface area contributed by atoms with Crippen LogP contribution in [0.4, 0.5) is 0 Å². The molecule has 0 saturated heterocycles. The molecular formula is C15H20Si. The summed E-state index contributed by atoms with van der Waals surface area (Å²) in [5.74, 6) is 0. The quantitative estimate of drug-likeness (QED) is 0.532. The van der Waals surface area contributed by atoms with Crippen LogP contribution in [0.5, 0.6) is 0 Å². The van der Waals surface area contributed by atoms with Crippen molar-refractivity contribution in [1.29, 1.82) is 0 Å². The van der Waals surface area contributed by atoms with E-state index < -0.39 is 8.07 Å². The first-order valence-corrected chi connectivity index (χ1v) is 9.34. The van der Waals surface area contributed by atoms with Gasteiger partial charge in [0.15, 0.2) is 0 Å². The fraction of sp³-hybridized carbons (Fsp3) is 0.333. The van der Waals surface area contributed by atoms with Crippen LogP contribution in [0, 0.1) is 0 Å². The molecule has 0 fully saturated rings. The molecule has 0 N–H and O–H groups in total. The molecule has 0 bridgehead atoms. The molecule has 0 amide bonds. The van der Waals surface area contributed by atoms with Crippen molar-refractivity contribution in [2.45, 2.75) is 31.1 Å². The summed E-state index contributed by atoms with van der Waals surface area (Å²) in [6.45, 7) is 4.98. The molecule has 0 nitrogen and oxygen atoms in total. The minimum Gasteiger partial charge on any atom is -0.0845 e. The minimum absolute atomic E-state index is 0.710. The van der Waals surface area contributed by atoms with Crippen molar-refractivity contribution in [3.05, 3.63) is 60.2 Å². The molecule has 1 aromatic carbocycles. The summed E-state index contributed by atoms with van der Waals surface area (Å²) in [5, 5.41) is 0. The highest BCUT2D eigenvalue weighted by atomic mass is 28.3. The van der Waals surface area contributed by atoms with E-state index in [4.69, 9.17) is 0 Å². The lowest BCUT2D eigenvalue weighted by atomic mass is 10.2. The van der Waals surface area contributed by atoms with Crippen LogP contribution < -0.4 is 0 Å². The van der Waals surface area contributed by atoms with Crippen molar-refractivity contribution in [3.8, 4) is 0 Å². The van der Waals surface area contributed by atoms with E-state index in [2.05, 4.69) is 67.7 Å². The second-order valence-electron chi connectivity index (χ2n) is 5.27. The molecule has 16 heavy (non-hydrogen) atoms. The summed E-state index contributed by atoms with van der Waals surface area (Å²) in [7, 11) is -1.22. The van der Waals surface area contributed by atoms with E-state index in [1.807, 2.05) is 0 Å². The Hall–Kier alpha value is -1.08. The van der Waals surface area contributed by atoms with Crippen molar-refractivity contribution in [1.82, 2.24) is 0 Å². The van der Waals surface area contributed by atoms with Crippen LogP contribution >= 0.6 is 0 Å². The lowest BCUT2D eigenvalue weighted by Crippen LogP contribution is -2.34. The van der Waals surface area contributed by atoms with E-state index in [1.54, 1.807) is 0 Å². The van der Waals surface area contributed by atoms with E-state index in [-0.39, 0.29) is 0 Å². The summed E-state index contributed by atoms with van der Waals surface area (Å²) in [4.78, 5) is 0. The highest BCUT2D eigenvalue weighted by Crippen LogP contribution is 2.30. The number of rotatable bonds is 3. The fourth-order valence-electron chi connectivity index (χ4n) is 2.35. The van der Waals surface area contributed by atoms with Gasteiger partial charge in [0.1, 0.15) is 0 Å². The SMILES string of the molecule is C[Si](C)(Cc1ccccc1)C1C=CCC=C1. The Labute approximate surface area is 99.7 Å². The van der Waals surface area contributed by atoms with Crippen molar-refractivity contribution < 1.29 is 0 Å². The van der Waals surface area contributed by atoms with Crippen LogP contribution in [0.25, 0.3) is 0 Å². The smallest absolute Gasteiger partial charge is 0.0631 e. The van der Waals surface area contributed by atoms with Gasteiger partial charge in [0.2, 0.25) is 0 Å². The maximum Gasteiger partial charge on any atom is 0.0631 e. The second kappa shape index (κ2) is 4.83. The van der Waals surface area contributed by atoms with Gasteiger partial charge in [-0.05, 0) is 18.0 Å². The van der Waals surface area contributed by atoms with Crippen LogP contribution in [-0.2, 0) is 6.04 Å². The molecule has 84 valence electrons. The van der Waals surface area contributed by atoms with E-state index in [0.29, 0.717) is 5.54 Å². The Morgan fingerprint density at radius 2 is 1.69 bits per heavy atom. The Balaban J connectivity index is 2.10. The van der Waals surface area contributed by atoms with Gasteiger partial charge in [0.25, 0.3) is 0 Å². The predicted molar refractivity (Wildman–Crippen MR) is 74.3 cm³/mol. The van der Waals surface area contributed by atoms with Crippen molar-refractivity contribution in [2.75, 3.05) is 0 Å². The second-order valence-corrected chi connectivity index (χ2v) is 10.3. The molecule has 0 unspecified atom stereocenters. The molecule has 0 saturated carbocycles. The van der Waals surface area contributed by atoms with Crippen LogP contribution in [0.1, 0.15) is 12.0 Å². The number of benzene rings is 1. The third kappa shape index (κ3) is 2.73. The molecule has 0 aliphatic heterocycles. The van der Waals surface area contributed by atoms with E-state index in [1.165, 1.54) is 11.6 Å². The topological polar surface area (TPSA) is 0 Å². The third-order valence-electron chi connectivity index (χ3n) is 3.36. The molecule has 2 rings (SSSR count). The van der Waals surface area contributed by atoms with Crippen LogP contribution in [0.15, 0.2) is 54.6 Å².